The molecular formula is C25H30F3N5O6. The second-order valence-electron chi connectivity index (χ2n) is 10.2. The molecule has 2 fully saturated rings. The third-order valence-corrected chi connectivity index (χ3v) is 7.71. The predicted molar refractivity (Wildman–Crippen MR) is 129 cm³/mol. The van der Waals surface area contributed by atoms with Crippen LogP contribution in [0.1, 0.15) is 31.7 Å². The Morgan fingerprint density at radius 2 is 1.92 bits per heavy atom. The molecule has 1 aromatic carbocycles. The fourth-order valence-corrected chi connectivity index (χ4v) is 5.52. The third-order valence-electron chi connectivity index (χ3n) is 7.71. The van der Waals surface area contributed by atoms with E-state index in [9.17, 15) is 28.2 Å². The number of benzene rings is 1. The number of oxime groups is 1. The van der Waals surface area contributed by atoms with Crippen molar-refractivity contribution >= 4 is 11.6 Å². The van der Waals surface area contributed by atoms with E-state index < -0.39 is 54.5 Å². The van der Waals surface area contributed by atoms with Gasteiger partial charge in [-0.05, 0) is 18.6 Å². The molecule has 0 aliphatic carbocycles. The van der Waals surface area contributed by atoms with Crippen LogP contribution in [0.3, 0.4) is 0 Å². The highest BCUT2D eigenvalue weighted by Gasteiger charge is 2.48. The van der Waals surface area contributed by atoms with E-state index in [1.54, 1.807) is 11.9 Å². The van der Waals surface area contributed by atoms with E-state index in [0.717, 1.165) is 24.3 Å². The number of amides is 1. The Morgan fingerprint density at radius 1 is 1.18 bits per heavy atom. The first-order valence-electron chi connectivity index (χ1n) is 12.7. The zero-order chi connectivity index (χ0) is 27.8. The smallest absolute Gasteiger partial charge is 0.222 e. The van der Waals surface area contributed by atoms with Gasteiger partial charge in [0.15, 0.2) is 17.5 Å². The molecule has 4 heterocycles. The minimum atomic E-state index is -1.59. The van der Waals surface area contributed by atoms with Gasteiger partial charge in [0.25, 0.3) is 0 Å². The molecule has 212 valence electrons. The Morgan fingerprint density at radius 3 is 2.59 bits per heavy atom. The molecule has 0 bridgehead atoms. The van der Waals surface area contributed by atoms with Crippen molar-refractivity contribution in [3.05, 3.63) is 35.8 Å². The fourth-order valence-electron chi connectivity index (χ4n) is 5.52. The monoisotopic (exact) mass is 553 g/mol. The maximum atomic E-state index is 13.8. The molecule has 3 aliphatic heterocycles. The van der Waals surface area contributed by atoms with Crippen molar-refractivity contribution in [2.75, 3.05) is 27.3 Å². The molecular weight excluding hydrogens is 523 g/mol. The first-order chi connectivity index (χ1) is 18.7. The molecule has 0 spiro atoms. The van der Waals surface area contributed by atoms with E-state index in [1.807, 2.05) is 0 Å². The van der Waals surface area contributed by atoms with Crippen molar-refractivity contribution in [2.24, 2.45) is 11.1 Å². The molecule has 0 radical (unpaired) electrons. The number of methoxy groups -OCH3 is 1. The lowest BCUT2D eigenvalue weighted by atomic mass is 9.86. The van der Waals surface area contributed by atoms with Crippen molar-refractivity contribution in [1.82, 2.24) is 19.9 Å². The van der Waals surface area contributed by atoms with Crippen LogP contribution in [0.25, 0.3) is 11.3 Å². The van der Waals surface area contributed by atoms with Gasteiger partial charge in [-0.15, -0.1) is 5.10 Å². The minimum Gasteiger partial charge on any atom is -0.394 e. The second kappa shape index (κ2) is 11.2. The summed E-state index contributed by atoms with van der Waals surface area (Å²) in [5.74, 6) is -4.26. The standard InChI is InChI=1S/C25H30F3N5O6/c1-32-4-3-12(7-21(32)35)17-8-14(39-30-17)9-19-25(37-2)23(24(36)20(11-34)38-19)33-10-18(29-31-33)13-5-15(26)22(28)16(27)6-13/h5-6,10,12,14,19-20,23-25,34,36H,3-4,7-9,11H2,1-2H3/t12-,14-,19-,20-,23+,24+,25+/m1/s1. The van der Waals surface area contributed by atoms with Crippen molar-refractivity contribution in [3.63, 3.8) is 0 Å². The summed E-state index contributed by atoms with van der Waals surface area (Å²) in [4.78, 5) is 19.5. The van der Waals surface area contributed by atoms with Crippen molar-refractivity contribution < 1.29 is 42.5 Å². The van der Waals surface area contributed by atoms with Gasteiger partial charge in [0.1, 0.15) is 36.2 Å². The number of hydrogen-bond donors (Lipinski definition) is 2. The van der Waals surface area contributed by atoms with E-state index in [4.69, 9.17) is 14.3 Å². The van der Waals surface area contributed by atoms with Crippen LogP contribution in [0.15, 0.2) is 23.5 Å². The van der Waals surface area contributed by atoms with Gasteiger partial charge < -0.3 is 29.4 Å². The average Bonchev–Trinajstić information content (AvgIpc) is 3.59. The molecule has 2 N–H and O–H groups in total. The number of nitrogens with zero attached hydrogens (tertiary/aromatic N) is 5. The lowest BCUT2D eigenvalue weighted by Gasteiger charge is -2.44. The molecule has 14 heteroatoms. The first kappa shape index (κ1) is 27.5. The van der Waals surface area contributed by atoms with E-state index in [2.05, 4.69) is 15.5 Å². The Hall–Kier alpha value is -3.07. The second-order valence-corrected chi connectivity index (χ2v) is 10.2. The Labute approximate surface area is 222 Å². The predicted octanol–water partition coefficient (Wildman–Crippen LogP) is 1.44. The lowest BCUT2D eigenvalue weighted by Crippen LogP contribution is -2.57. The third kappa shape index (κ3) is 5.38. The number of halogens is 3. The van der Waals surface area contributed by atoms with E-state index >= 15 is 0 Å². The van der Waals surface area contributed by atoms with Crippen LogP contribution in [0.2, 0.25) is 0 Å². The number of likely N-dealkylation sites (tertiary alicyclic amines) is 1. The summed E-state index contributed by atoms with van der Waals surface area (Å²) in [5.41, 5.74) is 0.823. The van der Waals surface area contributed by atoms with Crippen LogP contribution >= 0.6 is 0 Å². The summed E-state index contributed by atoms with van der Waals surface area (Å²) in [6, 6.07) is 0.705. The van der Waals surface area contributed by atoms with Gasteiger partial charge in [-0.2, -0.15) is 0 Å². The number of carbonyl (C=O) groups excluding carboxylic acids is 1. The van der Waals surface area contributed by atoms with Gasteiger partial charge in [-0.25, -0.2) is 17.9 Å². The Bertz CT molecular complexity index is 1220. The quantitative estimate of drug-likeness (QED) is 0.493. The summed E-state index contributed by atoms with van der Waals surface area (Å²) < 4.78 is 54.0. The molecule has 0 saturated carbocycles. The van der Waals surface area contributed by atoms with Crippen LogP contribution in [-0.4, -0.2) is 99.6 Å². The maximum Gasteiger partial charge on any atom is 0.222 e. The summed E-state index contributed by atoms with van der Waals surface area (Å²) in [5, 5.41) is 33.1. The van der Waals surface area contributed by atoms with E-state index in [1.165, 1.54) is 18.0 Å². The normalized spacial score (nSPS) is 31.4. The van der Waals surface area contributed by atoms with Crippen molar-refractivity contribution in [2.45, 2.75) is 62.2 Å². The number of hydrogen-bond acceptors (Lipinski definition) is 9. The van der Waals surface area contributed by atoms with Gasteiger partial charge >= 0.3 is 0 Å². The van der Waals surface area contributed by atoms with E-state index in [-0.39, 0.29) is 29.2 Å². The highest BCUT2D eigenvalue weighted by Crippen LogP contribution is 2.36. The number of aliphatic hydroxyl groups excluding tert-OH is 2. The lowest BCUT2D eigenvalue weighted by molar-refractivity contribution is -0.219. The molecule has 11 nitrogen and oxygen atoms in total. The molecule has 5 rings (SSSR count). The van der Waals surface area contributed by atoms with E-state index in [0.29, 0.717) is 25.8 Å². The number of rotatable bonds is 7. The summed E-state index contributed by atoms with van der Waals surface area (Å²) in [7, 11) is 3.21. The number of ether oxygens (including phenoxy) is 2. The van der Waals surface area contributed by atoms with Crippen LogP contribution in [0, 0.1) is 23.4 Å². The topological polar surface area (TPSA) is 132 Å². The van der Waals surface area contributed by atoms with Gasteiger partial charge in [0, 0.05) is 51.4 Å². The molecule has 39 heavy (non-hydrogen) atoms. The van der Waals surface area contributed by atoms with Gasteiger partial charge in [-0.1, -0.05) is 10.4 Å². The fraction of sp³-hybridized carbons (Fsp3) is 0.600. The Kier molecular flexibility index (Phi) is 7.89. The van der Waals surface area contributed by atoms with Crippen molar-refractivity contribution in [3.8, 4) is 11.3 Å². The summed E-state index contributed by atoms with van der Waals surface area (Å²) in [6.07, 6.45) is -0.729. The molecule has 3 aliphatic rings. The number of aliphatic hydroxyl groups is 2. The van der Waals surface area contributed by atoms with Gasteiger partial charge in [0.2, 0.25) is 5.91 Å². The first-order valence-corrected chi connectivity index (χ1v) is 12.7. The molecule has 2 saturated heterocycles. The maximum absolute atomic E-state index is 13.8. The molecule has 1 aromatic heterocycles. The van der Waals surface area contributed by atoms with Crippen LogP contribution in [-0.2, 0) is 19.1 Å². The van der Waals surface area contributed by atoms with Gasteiger partial charge in [-0.3, -0.25) is 4.79 Å². The SMILES string of the molecule is CO[C@@H]1[C@@H](n2cc(-c3cc(F)c(F)c(F)c3)nn2)[C@@H](O)[C@@H](CO)O[C@@H]1C[C@H]1CC([C@@H]2CCN(C)C(=O)C2)=NO1. The number of carbonyl (C=O) groups is 1. The van der Waals surface area contributed by atoms with Crippen LogP contribution in [0.5, 0.6) is 0 Å². The van der Waals surface area contributed by atoms with Crippen LogP contribution < -0.4 is 0 Å². The zero-order valence-corrected chi connectivity index (χ0v) is 21.4. The number of piperidine rings is 1. The molecule has 2 aromatic rings. The largest absolute Gasteiger partial charge is 0.394 e. The minimum absolute atomic E-state index is 0.0126. The highest BCUT2D eigenvalue weighted by molar-refractivity contribution is 5.92. The number of aromatic nitrogens is 3. The molecule has 7 atom stereocenters. The van der Waals surface area contributed by atoms with Gasteiger partial charge in [0.05, 0.1) is 24.6 Å². The van der Waals surface area contributed by atoms with Crippen molar-refractivity contribution in [1.29, 1.82) is 0 Å². The van der Waals surface area contributed by atoms with Crippen LogP contribution in [0.4, 0.5) is 13.2 Å². The zero-order valence-electron chi connectivity index (χ0n) is 21.4. The average molecular weight is 554 g/mol. The highest BCUT2D eigenvalue weighted by atomic mass is 19.2. The summed E-state index contributed by atoms with van der Waals surface area (Å²) in [6.45, 7) is 0.158. The summed E-state index contributed by atoms with van der Waals surface area (Å²) >= 11 is 0. The Balaban J connectivity index is 1.33. The molecule has 1 amide bonds. The molecule has 0 unspecified atom stereocenters.